The van der Waals surface area contributed by atoms with Crippen molar-refractivity contribution in [1.82, 2.24) is 4.90 Å². The van der Waals surface area contributed by atoms with Gasteiger partial charge in [0.15, 0.2) is 5.12 Å². The maximum Gasteiger partial charge on any atom is 0.306 e. The van der Waals surface area contributed by atoms with Crippen LogP contribution in [0.1, 0.15) is 233 Å². The van der Waals surface area contributed by atoms with E-state index >= 15 is 0 Å². The van der Waals surface area contributed by atoms with E-state index in [1.54, 1.807) is 0 Å². The minimum absolute atomic E-state index is 0.0193. The smallest absolute Gasteiger partial charge is 0.306 e. The molecule has 0 spiro atoms. The molecule has 7 heteroatoms. The van der Waals surface area contributed by atoms with E-state index in [4.69, 9.17) is 9.47 Å². The lowest BCUT2D eigenvalue weighted by Crippen LogP contribution is -2.31. The summed E-state index contributed by atoms with van der Waals surface area (Å²) in [5.74, 6) is 1.12. The quantitative estimate of drug-likeness (QED) is 0.0459. The number of likely N-dealkylation sites (tertiary alicyclic amines) is 1. The van der Waals surface area contributed by atoms with Crippen molar-refractivity contribution in [2.75, 3.05) is 25.9 Å². The van der Waals surface area contributed by atoms with E-state index < -0.39 is 0 Å². The second kappa shape index (κ2) is 36.3. The summed E-state index contributed by atoms with van der Waals surface area (Å²) in [4.78, 5) is 42.3. The Morgan fingerprint density at radius 2 is 0.870 bits per heavy atom. The lowest BCUT2D eigenvalue weighted by Gasteiger charge is -2.28. The van der Waals surface area contributed by atoms with Crippen LogP contribution in [0, 0.1) is 11.8 Å². The molecule has 1 heterocycles. The minimum Gasteiger partial charge on any atom is -0.462 e. The van der Waals surface area contributed by atoms with Gasteiger partial charge in [-0.3, -0.25) is 14.4 Å². The molecule has 1 aliphatic heterocycles. The standard InChI is InChI=1S/C47H89NO5S/c1-6-10-14-18-22-30-43(31-23-19-15-11-7-2)52-45(49)34-26-28-42(47(51)54-40-41-36-38-48(5)39-37-41)29-27-35-46(50)53-44(32-24-20-16-12-8-3)33-25-21-17-13-9-4/h41-44H,6-40H2,1-5H3. The van der Waals surface area contributed by atoms with Crippen LogP contribution < -0.4 is 0 Å². The zero-order chi connectivity index (χ0) is 39.5. The number of hydrogen-bond donors (Lipinski definition) is 0. The summed E-state index contributed by atoms with van der Waals surface area (Å²) < 4.78 is 12.2. The van der Waals surface area contributed by atoms with E-state index in [1.807, 2.05) is 0 Å². The van der Waals surface area contributed by atoms with Crippen molar-refractivity contribution in [2.24, 2.45) is 11.8 Å². The average Bonchev–Trinajstić information content (AvgIpc) is 3.16. The Morgan fingerprint density at radius 3 is 1.22 bits per heavy atom. The molecular weight excluding hydrogens is 691 g/mol. The van der Waals surface area contributed by atoms with Crippen molar-refractivity contribution in [2.45, 2.75) is 245 Å². The summed E-state index contributed by atoms with van der Waals surface area (Å²) in [6.07, 6.45) is 34.0. The van der Waals surface area contributed by atoms with Gasteiger partial charge < -0.3 is 14.4 Å². The Kier molecular flexibility index (Phi) is 34.2. The summed E-state index contributed by atoms with van der Waals surface area (Å²) >= 11 is 1.50. The van der Waals surface area contributed by atoms with Gasteiger partial charge in [0.25, 0.3) is 0 Å². The van der Waals surface area contributed by atoms with Gasteiger partial charge in [-0.25, -0.2) is 0 Å². The van der Waals surface area contributed by atoms with Crippen LogP contribution >= 0.6 is 11.8 Å². The molecule has 1 rings (SSSR count). The molecule has 54 heavy (non-hydrogen) atoms. The van der Waals surface area contributed by atoms with Crippen LogP contribution in [-0.2, 0) is 23.9 Å². The topological polar surface area (TPSA) is 72.9 Å². The number of carbonyl (C=O) groups is 3. The molecule has 318 valence electrons. The number of nitrogens with zero attached hydrogens (tertiary/aromatic N) is 1. The highest BCUT2D eigenvalue weighted by molar-refractivity contribution is 8.13. The van der Waals surface area contributed by atoms with Crippen molar-refractivity contribution in [3.8, 4) is 0 Å². The highest BCUT2D eigenvalue weighted by Crippen LogP contribution is 2.28. The lowest BCUT2D eigenvalue weighted by atomic mass is 9.97. The maximum atomic E-state index is 13.7. The number of unbranched alkanes of at least 4 members (excludes halogenated alkanes) is 16. The number of thioether (sulfide) groups is 1. The number of piperidine rings is 1. The van der Waals surface area contributed by atoms with Crippen LogP contribution in [0.2, 0.25) is 0 Å². The van der Waals surface area contributed by atoms with Crippen LogP contribution in [0.3, 0.4) is 0 Å². The van der Waals surface area contributed by atoms with E-state index in [0.717, 1.165) is 83.1 Å². The van der Waals surface area contributed by atoms with Gasteiger partial charge in [-0.15, -0.1) is 0 Å². The van der Waals surface area contributed by atoms with Crippen molar-refractivity contribution in [1.29, 1.82) is 0 Å². The molecule has 0 unspecified atom stereocenters. The van der Waals surface area contributed by atoms with Gasteiger partial charge in [-0.05, 0) is 116 Å². The Hall–Kier alpha value is -1.08. The molecule has 0 amide bonds. The van der Waals surface area contributed by atoms with Crippen molar-refractivity contribution < 1.29 is 23.9 Å². The van der Waals surface area contributed by atoms with Gasteiger partial charge in [0.05, 0.1) is 0 Å². The highest BCUT2D eigenvalue weighted by Gasteiger charge is 2.24. The molecule has 0 aromatic carbocycles. The second-order valence-electron chi connectivity index (χ2n) is 16.9. The van der Waals surface area contributed by atoms with Gasteiger partial charge in [-0.2, -0.15) is 0 Å². The monoisotopic (exact) mass is 780 g/mol. The Balaban J connectivity index is 2.71. The zero-order valence-electron chi connectivity index (χ0n) is 36.5. The molecule has 0 saturated carbocycles. The van der Waals surface area contributed by atoms with Gasteiger partial charge in [0.2, 0.25) is 0 Å². The summed E-state index contributed by atoms with van der Waals surface area (Å²) in [5, 5.41) is 0.240. The largest absolute Gasteiger partial charge is 0.462 e. The van der Waals surface area contributed by atoms with Gasteiger partial charge >= 0.3 is 11.9 Å². The molecule has 0 atom stereocenters. The molecule has 0 radical (unpaired) electrons. The third kappa shape index (κ3) is 29.2. The van der Waals surface area contributed by atoms with Crippen LogP contribution in [0.15, 0.2) is 0 Å². The maximum absolute atomic E-state index is 13.7. The average molecular weight is 780 g/mol. The summed E-state index contributed by atoms with van der Waals surface area (Å²) in [7, 11) is 2.17. The molecule has 6 nitrogen and oxygen atoms in total. The Bertz CT molecular complexity index is 811. The fourth-order valence-electron chi connectivity index (χ4n) is 7.83. The van der Waals surface area contributed by atoms with E-state index in [1.165, 1.54) is 114 Å². The van der Waals surface area contributed by atoms with Gasteiger partial charge in [0, 0.05) is 24.5 Å². The summed E-state index contributed by atoms with van der Waals surface area (Å²) in [6.45, 7) is 11.2. The fourth-order valence-corrected chi connectivity index (χ4v) is 9.03. The molecule has 0 N–H and O–H groups in total. The normalized spacial score (nSPS) is 14.1. The predicted molar refractivity (Wildman–Crippen MR) is 232 cm³/mol. The second-order valence-corrected chi connectivity index (χ2v) is 17.9. The molecule has 1 aliphatic rings. The number of hydrogen-bond acceptors (Lipinski definition) is 7. The molecule has 0 aromatic rings. The number of esters is 2. The van der Waals surface area contributed by atoms with E-state index in [9.17, 15) is 14.4 Å². The number of rotatable bonds is 37. The summed E-state index contributed by atoms with van der Waals surface area (Å²) in [5.41, 5.74) is 0. The molecular formula is C47H89NO5S. The van der Waals surface area contributed by atoms with Crippen molar-refractivity contribution in [3.05, 3.63) is 0 Å². The first-order valence-electron chi connectivity index (χ1n) is 23.6. The number of carbonyl (C=O) groups excluding carboxylic acids is 3. The van der Waals surface area contributed by atoms with Crippen LogP contribution in [0.5, 0.6) is 0 Å². The Morgan fingerprint density at radius 1 is 0.519 bits per heavy atom. The number of ether oxygens (including phenoxy) is 2. The molecule has 1 fully saturated rings. The molecule has 0 aliphatic carbocycles. The first-order valence-corrected chi connectivity index (χ1v) is 24.5. The first kappa shape index (κ1) is 50.9. The zero-order valence-corrected chi connectivity index (χ0v) is 37.3. The van der Waals surface area contributed by atoms with Crippen LogP contribution in [0.4, 0.5) is 0 Å². The first-order chi connectivity index (χ1) is 26.3. The van der Waals surface area contributed by atoms with Crippen LogP contribution in [0.25, 0.3) is 0 Å². The van der Waals surface area contributed by atoms with E-state index in [-0.39, 0.29) is 35.2 Å². The molecule has 1 saturated heterocycles. The van der Waals surface area contributed by atoms with E-state index in [0.29, 0.717) is 44.4 Å². The Labute approximate surface area is 339 Å². The fraction of sp³-hybridized carbons (Fsp3) is 0.936. The molecule has 0 aromatic heterocycles. The SMILES string of the molecule is CCCCCCCC(CCCCCCC)OC(=O)CCCC(CCCC(=O)OC(CCCCCCC)CCCCCCC)C(=O)SCC1CCN(C)CC1. The van der Waals surface area contributed by atoms with E-state index in [2.05, 4.69) is 39.6 Å². The predicted octanol–water partition coefficient (Wildman–Crippen LogP) is 13.8. The highest BCUT2D eigenvalue weighted by atomic mass is 32.2. The van der Waals surface area contributed by atoms with Gasteiger partial charge in [0.1, 0.15) is 12.2 Å². The summed E-state index contributed by atoms with van der Waals surface area (Å²) in [6, 6.07) is 0. The van der Waals surface area contributed by atoms with Crippen molar-refractivity contribution in [3.63, 3.8) is 0 Å². The lowest BCUT2D eigenvalue weighted by molar-refractivity contribution is -0.150. The third-order valence-electron chi connectivity index (χ3n) is 11.6. The third-order valence-corrected chi connectivity index (χ3v) is 12.9. The molecule has 0 bridgehead atoms. The van der Waals surface area contributed by atoms with Crippen LogP contribution in [-0.4, -0.2) is 60.1 Å². The van der Waals surface area contributed by atoms with Gasteiger partial charge in [-0.1, -0.05) is 142 Å². The van der Waals surface area contributed by atoms with Crippen molar-refractivity contribution >= 4 is 28.8 Å². The minimum atomic E-state index is -0.136.